The van der Waals surface area contributed by atoms with E-state index in [2.05, 4.69) is 10.2 Å². The van der Waals surface area contributed by atoms with Crippen LogP contribution in [0.3, 0.4) is 0 Å². The van der Waals surface area contributed by atoms with Crippen LogP contribution in [0.15, 0.2) is 6.33 Å². The molecule has 2 rings (SSSR count). The van der Waals surface area contributed by atoms with Crippen LogP contribution in [0, 0.1) is 5.92 Å². The summed E-state index contributed by atoms with van der Waals surface area (Å²) in [5, 5.41) is 8.05. The lowest BCUT2D eigenvalue weighted by atomic mass is 9.81. The van der Waals surface area contributed by atoms with Crippen molar-refractivity contribution < 1.29 is 13.2 Å². The number of rotatable bonds is 1. The van der Waals surface area contributed by atoms with Crippen molar-refractivity contribution in [3.63, 3.8) is 0 Å². The number of hydrogen-bond acceptors (Lipinski definition) is 2. The summed E-state index contributed by atoms with van der Waals surface area (Å²) in [6, 6.07) is 0. The Morgan fingerprint density at radius 2 is 1.68 bits per heavy atom. The molecule has 6 heteroatoms. The zero-order valence-electron chi connectivity index (χ0n) is 11.5. The van der Waals surface area contributed by atoms with Gasteiger partial charge in [-0.15, -0.1) is 10.2 Å². The molecule has 1 fully saturated rings. The standard InChI is InChI=1S/C13H20F3N3/c1-12(2,3)19-8-17-18-11(19)9-4-6-10(7-5-9)13(14,15)16/h8-10H,4-7H2,1-3H3. The van der Waals surface area contributed by atoms with Gasteiger partial charge in [0.05, 0.1) is 5.92 Å². The van der Waals surface area contributed by atoms with Crippen molar-refractivity contribution >= 4 is 0 Å². The average Bonchev–Trinajstić information content (AvgIpc) is 2.76. The van der Waals surface area contributed by atoms with Crippen molar-refractivity contribution in [1.29, 1.82) is 0 Å². The average molecular weight is 275 g/mol. The van der Waals surface area contributed by atoms with Crippen LogP contribution in [0.2, 0.25) is 0 Å². The molecule has 1 aliphatic carbocycles. The fourth-order valence-electron chi connectivity index (χ4n) is 2.72. The Morgan fingerprint density at radius 3 is 2.16 bits per heavy atom. The van der Waals surface area contributed by atoms with Crippen molar-refractivity contribution in [2.24, 2.45) is 5.92 Å². The maximum atomic E-state index is 12.6. The highest BCUT2D eigenvalue weighted by Gasteiger charge is 2.42. The van der Waals surface area contributed by atoms with Gasteiger partial charge >= 0.3 is 6.18 Å². The maximum absolute atomic E-state index is 12.6. The van der Waals surface area contributed by atoms with Gasteiger partial charge in [0.15, 0.2) is 0 Å². The molecule has 0 amide bonds. The molecule has 19 heavy (non-hydrogen) atoms. The third-order valence-electron chi connectivity index (χ3n) is 3.85. The summed E-state index contributed by atoms with van der Waals surface area (Å²) in [6.07, 6.45) is -0.901. The van der Waals surface area contributed by atoms with Crippen molar-refractivity contribution in [1.82, 2.24) is 14.8 Å². The predicted molar refractivity (Wildman–Crippen MR) is 65.8 cm³/mol. The Balaban J connectivity index is 2.09. The molecular formula is C13H20F3N3. The Hall–Kier alpha value is -1.07. The van der Waals surface area contributed by atoms with Gasteiger partial charge in [0.2, 0.25) is 0 Å². The van der Waals surface area contributed by atoms with Crippen LogP contribution in [0.25, 0.3) is 0 Å². The molecule has 3 nitrogen and oxygen atoms in total. The summed E-state index contributed by atoms with van der Waals surface area (Å²) in [4.78, 5) is 0. The molecule has 0 atom stereocenters. The van der Waals surface area contributed by atoms with Gasteiger partial charge in [-0.3, -0.25) is 0 Å². The van der Waals surface area contributed by atoms with Crippen molar-refractivity contribution in [2.75, 3.05) is 0 Å². The SMILES string of the molecule is CC(C)(C)n1cnnc1C1CCC(C(F)(F)F)CC1. The van der Waals surface area contributed by atoms with E-state index in [0.29, 0.717) is 12.8 Å². The Morgan fingerprint density at radius 1 is 1.11 bits per heavy atom. The largest absolute Gasteiger partial charge is 0.391 e. The summed E-state index contributed by atoms with van der Waals surface area (Å²) in [5.74, 6) is -0.219. The fraction of sp³-hybridized carbons (Fsp3) is 0.846. The summed E-state index contributed by atoms with van der Waals surface area (Å²) in [5.41, 5.74) is -0.139. The third-order valence-corrected chi connectivity index (χ3v) is 3.85. The second kappa shape index (κ2) is 4.80. The first-order valence-electron chi connectivity index (χ1n) is 6.66. The summed E-state index contributed by atoms with van der Waals surface area (Å²) >= 11 is 0. The van der Waals surface area contributed by atoms with E-state index in [1.807, 2.05) is 25.3 Å². The van der Waals surface area contributed by atoms with Gasteiger partial charge in [-0.05, 0) is 46.5 Å². The van der Waals surface area contributed by atoms with Crippen molar-refractivity contribution in [3.05, 3.63) is 12.2 Å². The van der Waals surface area contributed by atoms with Crippen LogP contribution in [-0.2, 0) is 5.54 Å². The smallest absolute Gasteiger partial charge is 0.312 e. The van der Waals surface area contributed by atoms with Crippen LogP contribution < -0.4 is 0 Å². The molecule has 0 bridgehead atoms. The topological polar surface area (TPSA) is 30.7 Å². The Kier molecular flexibility index (Phi) is 3.62. The second-order valence-corrected chi connectivity index (χ2v) is 6.32. The van der Waals surface area contributed by atoms with E-state index in [0.717, 1.165) is 5.82 Å². The van der Waals surface area contributed by atoms with Crippen LogP contribution in [0.5, 0.6) is 0 Å². The van der Waals surface area contributed by atoms with E-state index in [1.54, 1.807) is 6.33 Å². The summed E-state index contributed by atoms with van der Waals surface area (Å²) in [7, 11) is 0. The number of aromatic nitrogens is 3. The van der Waals surface area contributed by atoms with Gasteiger partial charge in [-0.2, -0.15) is 13.2 Å². The number of nitrogens with zero attached hydrogens (tertiary/aromatic N) is 3. The van der Waals surface area contributed by atoms with Gasteiger partial charge in [0.1, 0.15) is 12.2 Å². The van der Waals surface area contributed by atoms with Crippen LogP contribution in [0.4, 0.5) is 13.2 Å². The molecular weight excluding hydrogens is 255 g/mol. The maximum Gasteiger partial charge on any atom is 0.391 e. The van der Waals surface area contributed by atoms with Crippen molar-refractivity contribution in [3.8, 4) is 0 Å². The normalized spacial score (nSPS) is 25.6. The van der Waals surface area contributed by atoms with E-state index in [1.165, 1.54) is 0 Å². The van der Waals surface area contributed by atoms with E-state index < -0.39 is 12.1 Å². The minimum absolute atomic E-state index is 0.0975. The highest BCUT2D eigenvalue weighted by atomic mass is 19.4. The molecule has 1 aromatic heterocycles. The first kappa shape index (κ1) is 14.3. The zero-order valence-corrected chi connectivity index (χ0v) is 11.5. The number of hydrogen-bond donors (Lipinski definition) is 0. The first-order valence-corrected chi connectivity index (χ1v) is 6.66. The Bertz CT molecular complexity index is 423. The minimum atomic E-state index is -4.05. The monoisotopic (exact) mass is 275 g/mol. The molecule has 0 aliphatic heterocycles. The van der Waals surface area contributed by atoms with Gasteiger partial charge in [0, 0.05) is 11.5 Å². The van der Waals surface area contributed by atoms with Gasteiger partial charge in [-0.1, -0.05) is 0 Å². The molecule has 0 N–H and O–H groups in total. The Labute approximate surface area is 111 Å². The summed E-state index contributed by atoms with van der Waals surface area (Å²) in [6.45, 7) is 6.13. The molecule has 0 saturated heterocycles. The molecule has 1 aliphatic rings. The third kappa shape index (κ3) is 3.09. The minimum Gasteiger partial charge on any atom is -0.312 e. The molecule has 0 radical (unpaired) electrons. The fourth-order valence-corrected chi connectivity index (χ4v) is 2.72. The predicted octanol–water partition coefficient (Wildman–Crippen LogP) is 3.87. The molecule has 0 unspecified atom stereocenters. The van der Waals surface area contributed by atoms with Gasteiger partial charge in [-0.25, -0.2) is 0 Å². The second-order valence-electron chi connectivity index (χ2n) is 6.32. The molecule has 1 heterocycles. The van der Waals surface area contributed by atoms with E-state index in [4.69, 9.17) is 0 Å². The van der Waals surface area contributed by atoms with Crippen molar-refractivity contribution in [2.45, 2.75) is 64.1 Å². The highest BCUT2D eigenvalue weighted by Crippen LogP contribution is 2.42. The van der Waals surface area contributed by atoms with Crippen LogP contribution in [-0.4, -0.2) is 20.9 Å². The number of alkyl halides is 3. The van der Waals surface area contributed by atoms with E-state index in [-0.39, 0.29) is 24.3 Å². The van der Waals surface area contributed by atoms with Crippen LogP contribution in [0.1, 0.15) is 58.2 Å². The highest BCUT2D eigenvalue weighted by molar-refractivity contribution is 5.02. The lowest BCUT2D eigenvalue weighted by molar-refractivity contribution is -0.182. The van der Waals surface area contributed by atoms with Gasteiger partial charge in [0.25, 0.3) is 0 Å². The van der Waals surface area contributed by atoms with Crippen LogP contribution >= 0.6 is 0 Å². The lowest BCUT2D eigenvalue weighted by Crippen LogP contribution is -2.30. The number of halogens is 3. The van der Waals surface area contributed by atoms with E-state index in [9.17, 15) is 13.2 Å². The molecule has 0 aromatic carbocycles. The summed E-state index contributed by atoms with van der Waals surface area (Å²) < 4.78 is 39.9. The zero-order chi connectivity index (χ0) is 14.3. The molecule has 108 valence electrons. The molecule has 0 spiro atoms. The molecule has 1 aromatic rings. The first-order chi connectivity index (χ1) is 8.69. The lowest BCUT2D eigenvalue weighted by Gasteiger charge is -2.31. The van der Waals surface area contributed by atoms with Gasteiger partial charge < -0.3 is 4.57 Å². The van der Waals surface area contributed by atoms with E-state index >= 15 is 0 Å². The molecule has 1 saturated carbocycles. The quantitative estimate of drug-likeness (QED) is 0.779.